The minimum absolute atomic E-state index is 0.0106. The molecule has 0 spiro atoms. The lowest BCUT2D eigenvalue weighted by Crippen LogP contribution is -2.64. The smallest absolute Gasteiger partial charge is 0.239 e. The van der Waals surface area contributed by atoms with Gasteiger partial charge in [-0.2, -0.15) is 14.7 Å². The van der Waals surface area contributed by atoms with Crippen molar-refractivity contribution in [3.63, 3.8) is 0 Å². The number of hydrogen-bond donors (Lipinski definition) is 0. The summed E-state index contributed by atoms with van der Waals surface area (Å²) in [7, 11) is -3.35. The molecule has 5 rings (SSSR count). The van der Waals surface area contributed by atoms with Gasteiger partial charge < -0.3 is 0 Å². The maximum Gasteiger partial charge on any atom is 0.239 e. The molecule has 11 heteroatoms. The molecule has 1 aliphatic heterocycles. The van der Waals surface area contributed by atoms with Crippen molar-refractivity contribution in [2.24, 2.45) is 5.92 Å². The Bertz CT molecular complexity index is 1690. The number of rotatable bonds is 9. The predicted molar refractivity (Wildman–Crippen MR) is 152 cm³/mol. The van der Waals surface area contributed by atoms with E-state index in [0.29, 0.717) is 28.2 Å². The summed E-state index contributed by atoms with van der Waals surface area (Å²) in [5.41, 5.74) is 3.27. The van der Waals surface area contributed by atoms with Crippen LogP contribution in [0.3, 0.4) is 0 Å². The van der Waals surface area contributed by atoms with Gasteiger partial charge in [-0.25, -0.2) is 18.4 Å². The molecule has 10 nitrogen and oxygen atoms in total. The van der Waals surface area contributed by atoms with Crippen molar-refractivity contribution in [3.05, 3.63) is 66.4 Å². The van der Waals surface area contributed by atoms with Gasteiger partial charge >= 0.3 is 0 Å². The molecule has 4 aromatic rings. The molecule has 40 heavy (non-hydrogen) atoms. The molecular weight excluding hydrogens is 526 g/mol. The van der Waals surface area contributed by atoms with Crippen LogP contribution < -0.4 is 0 Å². The molecule has 1 atom stereocenters. The van der Waals surface area contributed by atoms with E-state index in [1.165, 1.54) is 16.2 Å². The third-order valence-corrected chi connectivity index (χ3v) is 9.44. The lowest BCUT2D eigenvalue weighted by Gasteiger charge is -2.47. The van der Waals surface area contributed by atoms with Crippen molar-refractivity contribution >= 4 is 27.0 Å². The maximum atomic E-state index is 13.5. The Labute approximate surface area is 234 Å². The third-order valence-electron chi connectivity index (χ3n) is 7.66. The first-order chi connectivity index (χ1) is 19.1. The number of carbonyl (C=O) groups excluding carboxylic acids is 1. The van der Waals surface area contributed by atoms with Gasteiger partial charge in [0.2, 0.25) is 15.9 Å². The lowest BCUT2D eigenvalue weighted by atomic mass is 9.89. The van der Waals surface area contributed by atoms with Crippen molar-refractivity contribution in [1.82, 2.24) is 28.6 Å². The fourth-order valence-electron chi connectivity index (χ4n) is 5.30. The average Bonchev–Trinajstić information content (AvgIpc) is 3.58. The number of fused-ring (bicyclic) bond motifs is 1. The number of nitriles is 1. The van der Waals surface area contributed by atoms with E-state index in [2.05, 4.69) is 47.1 Å². The topological polar surface area (TPSA) is 127 Å². The van der Waals surface area contributed by atoms with Gasteiger partial charge in [0, 0.05) is 36.4 Å². The minimum atomic E-state index is -3.35. The number of benzene rings is 1. The summed E-state index contributed by atoms with van der Waals surface area (Å²) in [5, 5.41) is 14.7. The first-order valence-electron chi connectivity index (χ1n) is 13.4. The van der Waals surface area contributed by atoms with Crippen molar-refractivity contribution < 1.29 is 13.2 Å². The zero-order valence-electron chi connectivity index (χ0n) is 23.1. The number of sulfonamides is 1. The van der Waals surface area contributed by atoms with Crippen LogP contribution >= 0.6 is 0 Å². The first kappa shape index (κ1) is 27.7. The summed E-state index contributed by atoms with van der Waals surface area (Å²) < 4.78 is 29.2. The van der Waals surface area contributed by atoms with Gasteiger partial charge in [0.15, 0.2) is 5.65 Å². The normalized spacial score (nSPS) is 16.1. The van der Waals surface area contributed by atoms with Crippen LogP contribution in [-0.2, 0) is 22.0 Å². The predicted octanol–water partition coefficient (Wildman–Crippen LogP) is 4.21. The van der Waals surface area contributed by atoms with Gasteiger partial charge in [0.05, 0.1) is 36.1 Å². The molecule has 1 aliphatic rings. The third kappa shape index (κ3) is 4.93. The molecule has 0 saturated carbocycles. The zero-order chi connectivity index (χ0) is 28.7. The second-order valence-corrected chi connectivity index (χ2v) is 13.2. The van der Waals surface area contributed by atoms with Gasteiger partial charge in [-0.05, 0) is 43.4 Å². The summed E-state index contributed by atoms with van der Waals surface area (Å²) in [6.45, 7) is 8.25. The van der Waals surface area contributed by atoms with E-state index in [9.17, 15) is 18.5 Å². The highest BCUT2D eigenvalue weighted by Crippen LogP contribution is 2.36. The molecule has 1 saturated heterocycles. The highest BCUT2D eigenvalue weighted by Gasteiger charge is 2.49. The fraction of sp³-hybridized carbons (Fsp3) is 0.414. The monoisotopic (exact) mass is 559 g/mol. The molecule has 0 aliphatic carbocycles. The zero-order valence-corrected chi connectivity index (χ0v) is 24.0. The number of aromatic nitrogens is 5. The summed E-state index contributed by atoms with van der Waals surface area (Å²) in [4.78, 5) is 22.4. The Morgan fingerprint density at radius 2 is 1.85 bits per heavy atom. The molecule has 0 radical (unpaired) electrons. The van der Waals surface area contributed by atoms with E-state index < -0.39 is 15.6 Å². The Morgan fingerprint density at radius 1 is 1.12 bits per heavy atom. The average molecular weight is 560 g/mol. The largest absolute Gasteiger partial charge is 0.273 e. The maximum absolute atomic E-state index is 13.5. The first-order valence-corrected chi connectivity index (χ1v) is 15.0. The van der Waals surface area contributed by atoms with Gasteiger partial charge in [-0.1, -0.05) is 38.1 Å². The Balaban J connectivity index is 1.41. The number of hydrogen-bond acceptors (Lipinski definition) is 7. The molecule has 208 valence electrons. The molecule has 0 bridgehead atoms. The number of nitrogens with zero attached hydrogens (tertiary/aromatic N) is 7. The summed E-state index contributed by atoms with van der Waals surface area (Å²) in [6.07, 6.45) is 7.71. The van der Waals surface area contributed by atoms with Crippen molar-refractivity contribution in [2.75, 3.05) is 18.8 Å². The lowest BCUT2D eigenvalue weighted by molar-refractivity contribution is 0.0719. The van der Waals surface area contributed by atoms with Gasteiger partial charge in [-0.3, -0.25) is 14.0 Å². The molecule has 0 unspecified atom stereocenters. The summed E-state index contributed by atoms with van der Waals surface area (Å²) in [6, 6.07) is 12.2. The highest BCUT2D eigenvalue weighted by atomic mass is 32.2. The van der Waals surface area contributed by atoms with E-state index in [1.807, 2.05) is 25.1 Å². The van der Waals surface area contributed by atoms with Gasteiger partial charge in [-0.15, -0.1) is 0 Å². The molecule has 0 N–H and O–H groups in total. The molecule has 0 amide bonds. The van der Waals surface area contributed by atoms with Crippen molar-refractivity contribution in [2.45, 2.75) is 52.0 Å². The molecule has 4 heterocycles. The minimum Gasteiger partial charge on any atom is -0.273 e. The van der Waals surface area contributed by atoms with Gasteiger partial charge in [0.1, 0.15) is 11.9 Å². The summed E-state index contributed by atoms with van der Waals surface area (Å²) >= 11 is 0. The van der Waals surface area contributed by atoms with Crippen LogP contribution in [0.1, 0.15) is 56.0 Å². The van der Waals surface area contributed by atoms with Crippen LogP contribution in [0.15, 0.2) is 55.2 Å². The quantitative estimate of drug-likeness (QED) is 0.301. The second-order valence-electron chi connectivity index (χ2n) is 10.9. The van der Waals surface area contributed by atoms with Crippen LogP contribution in [-0.4, -0.2) is 61.8 Å². The Kier molecular flexibility index (Phi) is 7.33. The van der Waals surface area contributed by atoms with Gasteiger partial charge in [0.25, 0.3) is 0 Å². The summed E-state index contributed by atoms with van der Waals surface area (Å²) in [5.74, 6) is 0.120. The van der Waals surface area contributed by atoms with E-state index in [0.717, 1.165) is 12.0 Å². The van der Waals surface area contributed by atoms with Crippen LogP contribution in [0.4, 0.5) is 0 Å². The highest BCUT2D eigenvalue weighted by molar-refractivity contribution is 7.89. The Hall–Kier alpha value is -3.88. The number of carbonyl (C=O) groups is 1. The second kappa shape index (κ2) is 10.6. The van der Waals surface area contributed by atoms with Crippen molar-refractivity contribution in [1.29, 1.82) is 5.26 Å². The molecule has 1 aromatic carbocycles. The van der Waals surface area contributed by atoms with Crippen LogP contribution in [0.25, 0.3) is 22.3 Å². The van der Waals surface area contributed by atoms with Crippen LogP contribution in [0, 0.1) is 17.2 Å². The van der Waals surface area contributed by atoms with E-state index in [1.54, 1.807) is 34.8 Å². The van der Waals surface area contributed by atoms with Crippen LogP contribution in [0.5, 0.6) is 0 Å². The molecular formula is C29H33N7O3S. The fourth-order valence-corrected chi connectivity index (χ4v) is 6.54. The van der Waals surface area contributed by atoms with E-state index >= 15 is 0 Å². The van der Waals surface area contributed by atoms with E-state index in [4.69, 9.17) is 0 Å². The molecule has 3 aromatic heterocycles. The SMILES string of the molecule is CCS(=O)(=O)N1CC(CC#N)(n2cc(-c3ncnc4c3ccn4C(=O)[C@@H](C)c3ccc(CC(C)C)cc3)cn2)C1. The Morgan fingerprint density at radius 3 is 2.50 bits per heavy atom. The molecule has 1 fully saturated rings. The standard InChI is InChI=1S/C29H33N7O3S/c1-5-40(38,39)34-17-29(18-34,11-12-30)36-16-24(15-33-36)26-25-10-13-35(27(25)32-19-31-26)28(37)21(4)23-8-6-22(7-9-23)14-20(2)3/h6-10,13,15-16,19-21H,5,11,14,17-18H2,1-4H3/t21-/m0/s1. The van der Waals surface area contributed by atoms with Crippen molar-refractivity contribution in [3.8, 4) is 17.3 Å². The van der Waals surface area contributed by atoms with Crippen LogP contribution in [0.2, 0.25) is 0 Å². The van der Waals surface area contributed by atoms with E-state index in [-0.39, 0.29) is 37.1 Å².